The fourth-order valence-electron chi connectivity index (χ4n) is 5.99. The molecule has 2 aliphatic heterocycles. The number of ether oxygens (including phenoxy) is 2. The fourth-order valence-corrected chi connectivity index (χ4v) is 5.99. The second-order valence-corrected chi connectivity index (χ2v) is 11.4. The van der Waals surface area contributed by atoms with Crippen LogP contribution in [0.15, 0.2) is 54.9 Å². The van der Waals surface area contributed by atoms with E-state index >= 15 is 0 Å². The van der Waals surface area contributed by atoms with Crippen LogP contribution < -0.4 is 18.9 Å². The maximum atomic E-state index is 13.9. The Hall–Kier alpha value is -3.39. The number of likely N-dealkylation sites (tertiary alicyclic amines) is 1. The number of nitrogens with zero attached hydrogens (tertiary/aromatic N) is 3. The summed E-state index contributed by atoms with van der Waals surface area (Å²) in [6.07, 6.45) is 10.5. The van der Waals surface area contributed by atoms with Gasteiger partial charge in [0.05, 0.1) is 12.5 Å². The summed E-state index contributed by atoms with van der Waals surface area (Å²) in [6.45, 7) is 9.75. The number of amides is 1. The van der Waals surface area contributed by atoms with Crippen molar-refractivity contribution in [1.82, 2.24) is 4.90 Å². The van der Waals surface area contributed by atoms with Gasteiger partial charge in [0.2, 0.25) is 12.7 Å². The van der Waals surface area contributed by atoms with E-state index in [0.717, 1.165) is 24.1 Å². The minimum atomic E-state index is -0.841. The summed E-state index contributed by atoms with van der Waals surface area (Å²) in [4.78, 5) is 30.7. The highest BCUT2D eigenvalue weighted by molar-refractivity contribution is 5.94. The van der Waals surface area contributed by atoms with Crippen LogP contribution >= 0.6 is 0 Å². The number of unbranched alkanes of at least 4 members (excludes halogenated alkanes) is 1. The van der Waals surface area contributed by atoms with Gasteiger partial charge in [-0.05, 0) is 48.9 Å². The van der Waals surface area contributed by atoms with Crippen LogP contribution in [0.3, 0.4) is 0 Å². The average Bonchev–Trinajstić information content (AvgIpc) is 3.48. The van der Waals surface area contributed by atoms with Crippen molar-refractivity contribution in [3.05, 3.63) is 60.4 Å². The third-order valence-electron chi connectivity index (χ3n) is 7.82. The quantitative estimate of drug-likeness (QED) is 0.336. The summed E-state index contributed by atoms with van der Waals surface area (Å²) in [7, 11) is 1.94. The van der Waals surface area contributed by atoms with Gasteiger partial charge in [0.15, 0.2) is 23.9 Å². The summed E-state index contributed by atoms with van der Waals surface area (Å²) in [5.74, 6) is -0.495. The van der Waals surface area contributed by atoms with Crippen molar-refractivity contribution >= 4 is 17.6 Å². The van der Waals surface area contributed by atoms with Crippen molar-refractivity contribution in [3.63, 3.8) is 0 Å². The molecule has 2 aliphatic rings. The van der Waals surface area contributed by atoms with Gasteiger partial charge in [0, 0.05) is 31.1 Å². The SMILES string of the molecule is C/C=C/C(C)(C)C[C@H]1[C@H](C(=O)O)[C@@H](c2ccc3c(c2)OCO3)CN1CC(=O)N(CCCC)c1ccc[n+](C)c1. The zero-order chi connectivity index (χ0) is 28.2. The van der Waals surface area contributed by atoms with Gasteiger partial charge < -0.3 is 19.5 Å². The third kappa shape index (κ3) is 6.61. The van der Waals surface area contributed by atoms with Gasteiger partial charge in [0.25, 0.3) is 0 Å². The number of carboxylic acid groups (broad SMARTS) is 1. The lowest BCUT2D eigenvalue weighted by atomic mass is 9.77. The van der Waals surface area contributed by atoms with Crippen LogP contribution in [0.1, 0.15) is 58.4 Å². The number of fused-ring (bicyclic) bond motifs is 1. The largest absolute Gasteiger partial charge is 0.481 e. The standard InChI is InChI=1S/C31H41N3O5/c1-6-8-15-34(23-10-9-14-32(5)18-23)28(35)20-33-19-24(22-11-12-26-27(16-22)39-21-38-26)29(30(36)37)25(33)17-31(3,4)13-7-2/h7,9-14,16,18,24-25,29H,6,8,15,17,19-21H2,1-5H3/p+1/b13-7+/t24-,25+,29-/m1/s1. The van der Waals surface area contributed by atoms with Gasteiger partial charge in [-0.2, -0.15) is 0 Å². The Morgan fingerprint density at radius 2 is 2.00 bits per heavy atom. The van der Waals surface area contributed by atoms with Crippen molar-refractivity contribution in [2.75, 3.05) is 31.3 Å². The number of allylic oxidation sites excluding steroid dienone is 2. The van der Waals surface area contributed by atoms with E-state index in [1.807, 2.05) is 72.2 Å². The van der Waals surface area contributed by atoms with Crippen molar-refractivity contribution in [2.24, 2.45) is 18.4 Å². The van der Waals surface area contributed by atoms with E-state index in [1.165, 1.54) is 0 Å². The third-order valence-corrected chi connectivity index (χ3v) is 7.82. The first-order valence-electron chi connectivity index (χ1n) is 13.9. The summed E-state index contributed by atoms with van der Waals surface area (Å²) < 4.78 is 13.0. The monoisotopic (exact) mass is 536 g/mol. The number of aryl methyl sites for hydroxylation is 1. The molecule has 39 heavy (non-hydrogen) atoms. The molecule has 0 saturated carbocycles. The topological polar surface area (TPSA) is 83.2 Å². The number of hydrogen-bond acceptors (Lipinski definition) is 5. The number of carboxylic acids is 1. The number of carbonyl (C=O) groups excluding carboxylic acids is 1. The number of pyridine rings is 1. The highest BCUT2D eigenvalue weighted by Crippen LogP contribution is 2.45. The Balaban J connectivity index is 1.68. The fraction of sp³-hybridized carbons (Fsp3) is 0.516. The maximum Gasteiger partial charge on any atom is 0.308 e. The van der Waals surface area contributed by atoms with E-state index in [0.29, 0.717) is 31.0 Å². The number of carbonyl (C=O) groups is 2. The van der Waals surface area contributed by atoms with Crippen LogP contribution in [-0.4, -0.2) is 54.4 Å². The minimum absolute atomic E-state index is 0.0148. The van der Waals surface area contributed by atoms with Crippen LogP contribution in [0, 0.1) is 11.3 Å². The summed E-state index contributed by atoms with van der Waals surface area (Å²) in [6, 6.07) is 9.28. The molecular formula is C31H42N3O5+. The van der Waals surface area contributed by atoms with Gasteiger partial charge in [0.1, 0.15) is 12.7 Å². The maximum absolute atomic E-state index is 13.9. The molecule has 0 bridgehead atoms. The molecule has 3 heterocycles. The number of rotatable bonds is 11. The Kier molecular flexibility index (Phi) is 8.95. The molecule has 0 unspecified atom stereocenters. The Morgan fingerprint density at radius 3 is 2.69 bits per heavy atom. The van der Waals surface area contributed by atoms with Gasteiger partial charge in [-0.15, -0.1) is 0 Å². The first-order valence-corrected chi connectivity index (χ1v) is 13.9. The van der Waals surface area contributed by atoms with Crippen molar-refractivity contribution in [2.45, 2.75) is 58.9 Å². The molecule has 1 aromatic carbocycles. The summed E-state index contributed by atoms with van der Waals surface area (Å²) in [5, 5.41) is 10.5. The van der Waals surface area contributed by atoms with Gasteiger partial charge in [-0.1, -0.05) is 45.4 Å². The molecule has 0 radical (unpaired) electrons. The highest BCUT2D eigenvalue weighted by atomic mass is 16.7. The van der Waals surface area contributed by atoms with E-state index in [-0.39, 0.29) is 36.6 Å². The summed E-state index contributed by atoms with van der Waals surface area (Å²) >= 11 is 0. The molecule has 0 spiro atoms. The van der Waals surface area contributed by atoms with Gasteiger partial charge in [-0.25, -0.2) is 4.57 Å². The smallest absolute Gasteiger partial charge is 0.308 e. The van der Waals surface area contributed by atoms with E-state index < -0.39 is 11.9 Å². The predicted octanol–water partition coefficient (Wildman–Crippen LogP) is 4.53. The molecule has 2 aromatic rings. The molecular weight excluding hydrogens is 494 g/mol. The van der Waals surface area contributed by atoms with Crippen molar-refractivity contribution < 1.29 is 28.7 Å². The lowest BCUT2D eigenvalue weighted by molar-refractivity contribution is -0.670. The molecule has 3 atom stereocenters. The van der Waals surface area contributed by atoms with Gasteiger partial charge >= 0.3 is 5.97 Å². The molecule has 1 N–H and O–H groups in total. The molecule has 0 aliphatic carbocycles. The first-order chi connectivity index (χ1) is 18.6. The zero-order valence-corrected chi connectivity index (χ0v) is 23.8. The minimum Gasteiger partial charge on any atom is -0.481 e. The number of aromatic nitrogens is 1. The first kappa shape index (κ1) is 28.6. The second-order valence-electron chi connectivity index (χ2n) is 11.4. The van der Waals surface area contributed by atoms with Gasteiger partial charge in [-0.3, -0.25) is 14.5 Å². The van der Waals surface area contributed by atoms with Crippen LogP contribution in [0.2, 0.25) is 0 Å². The Morgan fingerprint density at radius 1 is 1.23 bits per heavy atom. The molecule has 1 aromatic heterocycles. The molecule has 210 valence electrons. The number of hydrogen-bond donors (Lipinski definition) is 1. The van der Waals surface area contributed by atoms with E-state index in [4.69, 9.17) is 9.47 Å². The molecule has 8 nitrogen and oxygen atoms in total. The molecule has 1 amide bonds. The molecule has 1 saturated heterocycles. The second kappa shape index (κ2) is 12.2. The number of benzene rings is 1. The predicted molar refractivity (Wildman–Crippen MR) is 150 cm³/mol. The molecule has 4 rings (SSSR count). The van der Waals surface area contributed by atoms with Crippen molar-refractivity contribution in [3.8, 4) is 11.5 Å². The normalized spacial score (nSPS) is 21.0. The lowest BCUT2D eigenvalue weighted by Gasteiger charge is -2.33. The number of aliphatic carboxylic acids is 1. The van der Waals surface area contributed by atoms with Crippen LogP contribution in [0.25, 0.3) is 0 Å². The molecule has 8 heteroatoms. The van der Waals surface area contributed by atoms with E-state index in [9.17, 15) is 14.7 Å². The van der Waals surface area contributed by atoms with Crippen LogP contribution in [-0.2, 0) is 16.6 Å². The summed E-state index contributed by atoms with van der Waals surface area (Å²) in [5.41, 5.74) is 1.52. The Labute approximate surface area is 231 Å². The van der Waals surface area contributed by atoms with Crippen LogP contribution in [0.4, 0.5) is 5.69 Å². The zero-order valence-electron chi connectivity index (χ0n) is 23.8. The van der Waals surface area contributed by atoms with E-state index in [2.05, 4.69) is 31.7 Å². The highest BCUT2D eigenvalue weighted by Gasteiger charge is 2.48. The van der Waals surface area contributed by atoms with Crippen LogP contribution in [0.5, 0.6) is 11.5 Å². The van der Waals surface area contributed by atoms with E-state index in [1.54, 1.807) is 0 Å². The molecule has 1 fully saturated rings. The number of anilines is 1. The average molecular weight is 537 g/mol. The van der Waals surface area contributed by atoms with Crippen molar-refractivity contribution in [1.29, 1.82) is 0 Å². The Bertz CT molecular complexity index is 1210. The lowest BCUT2D eigenvalue weighted by Crippen LogP contribution is -2.46.